The number of anilines is 2. The van der Waals surface area contributed by atoms with Gasteiger partial charge < -0.3 is 9.80 Å². The van der Waals surface area contributed by atoms with Gasteiger partial charge in [-0.15, -0.1) is 0 Å². The minimum Gasteiger partial charge on any atom is -0.312 e. The number of benzene rings is 2. The number of sulfonamides is 1. The molecule has 0 bridgehead atoms. The zero-order valence-electron chi connectivity index (χ0n) is 19.8. The summed E-state index contributed by atoms with van der Waals surface area (Å²) in [7, 11) is -3.82. The third-order valence-corrected chi connectivity index (χ3v) is 9.06. The van der Waals surface area contributed by atoms with Gasteiger partial charge in [0.25, 0.3) is 0 Å². The van der Waals surface area contributed by atoms with Crippen molar-refractivity contribution in [3.05, 3.63) is 52.0 Å². The van der Waals surface area contributed by atoms with E-state index in [2.05, 4.69) is 15.9 Å². The standard InChI is InChI=1S/C25H30BrN3O4S/c1-4-28(22-7-5-6-17(2)14-22)25(31)19-8-11-27(12-9-19)34(32,33)23-16-21(26)15-20-10-13-29(18(3)30)24(20)23/h5-7,14-16,19H,4,8-13H2,1-3H3. The van der Waals surface area contributed by atoms with Crippen molar-refractivity contribution in [2.45, 2.75) is 44.9 Å². The Morgan fingerprint density at radius 2 is 1.82 bits per heavy atom. The summed E-state index contributed by atoms with van der Waals surface area (Å²) in [5, 5.41) is 0. The van der Waals surface area contributed by atoms with Gasteiger partial charge in [0.05, 0.1) is 5.69 Å². The van der Waals surface area contributed by atoms with Gasteiger partial charge in [0.1, 0.15) is 4.90 Å². The average molecular weight is 549 g/mol. The fourth-order valence-electron chi connectivity index (χ4n) is 4.94. The summed E-state index contributed by atoms with van der Waals surface area (Å²) in [6.45, 7) is 6.98. The molecule has 2 amide bonds. The van der Waals surface area contributed by atoms with Gasteiger partial charge in [-0.25, -0.2) is 8.42 Å². The van der Waals surface area contributed by atoms with Crippen molar-refractivity contribution < 1.29 is 18.0 Å². The molecule has 0 N–H and O–H groups in total. The molecule has 2 aromatic rings. The number of halogens is 1. The summed E-state index contributed by atoms with van der Waals surface area (Å²) < 4.78 is 29.5. The molecule has 0 unspecified atom stereocenters. The second-order valence-electron chi connectivity index (χ2n) is 8.93. The number of amides is 2. The van der Waals surface area contributed by atoms with E-state index in [1.54, 1.807) is 15.9 Å². The first-order chi connectivity index (χ1) is 16.1. The smallest absolute Gasteiger partial charge is 0.245 e. The number of rotatable bonds is 5. The van der Waals surface area contributed by atoms with Crippen LogP contribution in [0.15, 0.2) is 45.8 Å². The molecular weight excluding hydrogens is 518 g/mol. The van der Waals surface area contributed by atoms with E-state index in [9.17, 15) is 18.0 Å². The van der Waals surface area contributed by atoms with E-state index in [4.69, 9.17) is 0 Å². The summed E-state index contributed by atoms with van der Waals surface area (Å²) in [4.78, 5) is 28.9. The topological polar surface area (TPSA) is 78.0 Å². The van der Waals surface area contributed by atoms with Gasteiger partial charge in [-0.1, -0.05) is 28.1 Å². The Balaban J connectivity index is 1.54. The number of hydrogen-bond acceptors (Lipinski definition) is 4. The second-order valence-corrected chi connectivity index (χ2v) is 11.8. The van der Waals surface area contributed by atoms with Gasteiger partial charge in [0.2, 0.25) is 21.8 Å². The van der Waals surface area contributed by atoms with Gasteiger partial charge >= 0.3 is 0 Å². The predicted octanol–water partition coefficient (Wildman–Crippen LogP) is 4.12. The maximum Gasteiger partial charge on any atom is 0.245 e. The fraction of sp³-hybridized carbons (Fsp3) is 0.440. The molecule has 0 aliphatic carbocycles. The normalized spacial score (nSPS) is 17.0. The number of carbonyl (C=O) groups is 2. The van der Waals surface area contributed by atoms with Crippen LogP contribution in [-0.4, -0.2) is 50.7 Å². The Hall–Kier alpha value is -2.23. The number of carbonyl (C=O) groups excluding carboxylic acids is 2. The Labute approximate surface area is 209 Å². The van der Waals surface area contributed by atoms with E-state index in [1.807, 2.05) is 44.2 Å². The first-order valence-electron chi connectivity index (χ1n) is 11.6. The van der Waals surface area contributed by atoms with Gasteiger partial charge in [-0.3, -0.25) is 9.59 Å². The third-order valence-electron chi connectivity index (χ3n) is 6.69. The van der Waals surface area contributed by atoms with Crippen LogP contribution in [0.4, 0.5) is 11.4 Å². The molecule has 7 nitrogen and oxygen atoms in total. The summed E-state index contributed by atoms with van der Waals surface area (Å²) in [5.41, 5.74) is 3.30. The molecule has 2 aliphatic heterocycles. The molecule has 182 valence electrons. The number of aryl methyl sites for hydroxylation is 1. The van der Waals surface area contributed by atoms with Crippen molar-refractivity contribution in [2.24, 2.45) is 5.92 Å². The minimum absolute atomic E-state index is 0.0382. The first kappa shape index (κ1) is 24.9. The molecule has 4 rings (SSSR count). The zero-order chi connectivity index (χ0) is 24.6. The van der Waals surface area contributed by atoms with Crippen molar-refractivity contribution >= 4 is 49.1 Å². The number of piperidine rings is 1. The van der Waals surface area contributed by atoms with E-state index in [0.717, 1.165) is 16.8 Å². The highest BCUT2D eigenvalue weighted by atomic mass is 79.9. The van der Waals surface area contributed by atoms with Crippen LogP contribution in [0, 0.1) is 12.8 Å². The fourth-order valence-corrected chi connectivity index (χ4v) is 7.33. The lowest BCUT2D eigenvalue weighted by atomic mass is 9.96. The average Bonchev–Trinajstić information content (AvgIpc) is 3.23. The molecule has 0 atom stereocenters. The lowest BCUT2D eigenvalue weighted by molar-refractivity contribution is -0.123. The Morgan fingerprint density at radius 1 is 1.12 bits per heavy atom. The molecule has 9 heteroatoms. The van der Waals surface area contributed by atoms with Crippen LogP contribution in [0.3, 0.4) is 0 Å². The molecule has 0 saturated carbocycles. The maximum absolute atomic E-state index is 13.7. The van der Waals surface area contributed by atoms with Crippen LogP contribution >= 0.6 is 15.9 Å². The van der Waals surface area contributed by atoms with E-state index in [1.165, 1.54) is 11.2 Å². The molecule has 0 radical (unpaired) electrons. The SMILES string of the molecule is CCN(C(=O)C1CCN(S(=O)(=O)c2cc(Br)cc3c2N(C(C)=O)CC3)CC1)c1cccc(C)c1. The van der Waals surface area contributed by atoms with Crippen molar-refractivity contribution in [3.8, 4) is 0 Å². The highest BCUT2D eigenvalue weighted by Gasteiger charge is 2.38. The predicted molar refractivity (Wildman–Crippen MR) is 137 cm³/mol. The highest BCUT2D eigenvalue weighted by molar-refractivity contribution is 9.10. The summed E-state index contributed by atoms with van der Waals surface area (Å²) in [6.07, 6.45) is 1.55. The van der Waals surface area contributed by atoms with Crippen LogP contribution < -0.4 is 9.80 Å². The summed E-state index contributed by atoms with van der Waals surface area (Å²) >= 11 is 3.43. The first-order valence-corrected chi connectivity index (χ1v) is 13.9. The largest absolute Gasteiger partial charge is 0.312 e. The van der Waals surface area contributed by atoms with Crippen molar-refractivity contribution in [1.82, 2.24) is 4.31 Å². The minimum atomic E-state index is -3.82. The highest BCUT2D eigenvalue weighted by Crippen LogP contribution is 2.39. The van der Waals surface area contributed by atoms with Gasteiger partial charge in [-0.05, 0) is 68.5 Å². The van der Waals surface area contributed by atoms with Gasteiger partial charge in [-0.2, -0.15) is 4.31 Å². The number of fused-ring (bicyclic) bond motifs is 1. The van der Waals surface area contributed by atoms with Crippen LogP contribution in [0.1, 0.15) is 37.8 Å². The Morgan fingerprint density at radius 3 is 2.44 bits per heavy atom. The molecular formula is C25H30BrN3O4S. The van der Waals surface area contributed by atoms with E-state index >= 15 is 0 Å². The molecule has 1 fully saturated rings. The Kier molecular flexibility index (Phi) is 7.17. The number of hydrogen-bond donors (Lipinski definition) is 0. The van der Waals surface area contributed by atoms with E-state index in [-0.39, 0.29) is 35.7 Å². The Bertz CT molecular complexity index is 1220. The van der Waals surface area contributed by atoms with Crippen molar-refractivity contribution in [1.29, 1.82) is 0 Å². The van der Waals surface area contributed by atoms with E-state index < -0.39 is 10.0 Å². The lowest BCUT2D eigenvalue weighted by Crippen LogP contribution is -2.44. The molecule has 0 aromatic heterocycles. The van der Waals surface area contributed by atoms with Crippen molar-refractivity contribution in [3.63, 3.8) is 0 Å². The molecule has 2 aromatic carbocycles. The molecule has 34 heavy (non-hydrogen) atoms. The second kappa shape index (κ2) is 9.79. The quantitative estimate of drug-likeness (QED) is 0.564. The third kappa shape index (κ3) is 4.65. The molecule has 0 spiro atoms. The van der Waals surface area contributed by atoms with Crippen LogP contribution in [0.5, 0.6) is 0 Å². The maximum atomic E-state index is 13.7. The van der Waals surface area contributed by atoms with Gasteiger partial charge in [0.15, 0.2) is 0 Å². The molecule has 2 heterocycles. The van der Waals surface area contributed by atoms with Crippen LogP contribution in [0.2, 0.25) is 0 Å². The lowest BCUT2D eigenvalue weighted by Gasteiger charge is -2.34. The van der Waals surface area contributed by atoms with Crippen LogP contribution in [-0.2, 0) is 26.0 Å². The number of nitrogens with zero attached hydrogens (tertiary/aromatic N) is 3. The van der Waals surface area contributed by atoms with Crippen molar-refractivity contribution in [2.75, 3.05) is 36.0 Å². The van der Waals surface area contributed by atoms with Crippen LogP contribution in [0.25, 0.3) is 0 Å². The van der Waals surface area contributed by atoms with E-state index in [0.29, 0.717) is 42.5 Å². The summed E-state index contributed by atoms with van der Waals surface area (Å²) in [5.74, 6) is -0.359. The van der Waals surface area contributed by atoms with Gasteiger partial charge in [0, 0.05) is 49.2 Å². The monoisotopic (exact) mass is 547 g/mol. The molecule has 2 aliphatic rings. The zero-order valence-corrected chi connectivity index (χ0v) is 22.2. The summed E-state index contributed by atoms with van der Waals surface area (Å²) in [6, 6.07) is 11.3. The molecule has 1 saturated heterocycles.